The second-order valence-corrected chi connectivity index (χ2v) is 14.2. The fourth-order valence-corrected chi connectivity index (χ4v) is 6.54. The number of unbranched alkanes of at least 4 members (excludes halogenated alkanes) is 3. The van der Waals surface area contributed by atoms with Gasteiger partial charge in [-0.1, -0.05) is 36.3 Å². The van der Waals surface area contributed by atoms with Gasteiger partial charge in [-0.2, -0.15) is 0 Å². The van der Waals surface area contributed by atoms with Crippen LogP contribution >= 0.6 is 0 Å². The summed E-state index contributed by atoms with van der Waals surface area (Å²) in [6.07, 6.45) is 5.93. The number of rotatable bonds is 28. The van der Waals surface area contributed by atoms with E-state index in [0.717, 1.165) is 24.8 Å². The molecule has 20 nitrogen and oxygen atoms in total. The van der Waals surface area contributed by atoms with Gasteiger partial charge < -0.3 is 39.2 Å². The minimum absolute atomic E-state index is 0.0741. The van der Waals surface area contributed by atoms with Crippen LogP contribution < -0.4 is 26.2 Å². The monoisotopic (exact) mass is 850 g/mol. The zero-order valence-electron chi connectivity index (χ0n) is 34.1. The Morgan fingerprint density at radius 1 is 0.803 bits per heavy atom. The van der Waals surface area contributed by atoms with E-state index in [-0.39, 0.29) is 69.2 Å². The molecule has 1 atom stereocenters. The molecule has 1 saturated heterocycles. The molecule has 0 saturated carbocycles. The van der Waals surface area contributed by atoms with E-state index in [1.807, 2.05) is 30.5 Å². The summed E-state index contributed by atoms with van der Waals surface area (Å²) in [5, 5.41) is 24.8. The van der Waals surface area contributed by atoms with Crippen LogP contribution in [0.1, 0.15) is 67.3 Å². The Morgan fingerprint density at radius 3 is 2.16 bits per heavy atom. The van der Waals surface area contributed by atoms with Crippen LogP contribution in [0.2, 0.25) is 0 Å². The molecule has 1 fully saturated rings. The van der Waals surface area contributed by atoms with Gasteiger partial charge >= 0.3 is 0 Å². The van der Waals surface area contributed by atoms with Crippen molar-refractivity contribution in [2.24, 2.45) is 0 Å². The van der Waals surface area contributed by atoms with Crippen molar-refractivity contribution in [2.45, 2.75) is 70.5 Å². The first kappa shape index (κ1) is 46.3. The zero-order chi connectivity index (χ0) is 43.2. The van der Waals surface area contributed by atoms with Crippen LogP contribution in [0.5, 0.6) is 5.75 Å². The summed E-state index contributed by atoms with van der Waals surface area (Å²) in [7, 11) is 0. The largest absolute Gasteiger partial charge is 0.483 e. The van der Waals surface area contributed by atoms with Crippen molar-refractivity contribution in [3.05, 3.63) is 59.8 Å². The van der Waals surface area contributed by atoms with E-state index in [4.69, 9.17) is 28.9 Å². The summed E-state index contributed by atoms with van der Waals surface area (Å²) in [5.41, 5.74) is 4.87. The number of aromatic nitrogens is 3. The first-order chi connectivity index (χ1) is 29.7. The maximum Gasteiger partial charge on any atom is 0.258 e. The van der Waals surface area contributed by atoms with Crippen LogP contribution in [-0.2, 0) is 56.0 Å². The van der Waals surface area contributed by atoms with Crippen LogP contribution in [0, 0.1) is 0 Å². The van der Waals surface area contributed by atoms with Gasteiger partial charge in [0.1, 0.15) is 17.5 Å². The molecule has 1 aromatic heterocycles. The number of hydrogen-bond donors (Lipinski definition) is 5. The Morgan fingerprint density at radius 2 is 1.48 bits per heavy atom. The van der Waals surface area contributed by atoms with E-state index < -0.39 is 17.9 Å². The van der Waals surface area contributed by atoms with E-state index in [2.05, 4.69) is 26.3 Å². The SMILES string of the molecule is O=C(CCCCCCC(=O)Nc1ccc(-c2cn(CCOCCOCCOCCOCCNC(=O)COc3cccc4c3CN(C3CCC(=O)NC3=O)C4=O)nn2)cc1)NO. The number of anilines is 1. The lowest BCUT2D eigenvalue weighted by Gasteiger charge is -2.29. The summed E-state index contributed by atoms with van der Waals surface area (Å²) in [6, 6.07) is 11.6. The van der Waals surface area contributed by atoms with Crippen LogP contribution in [0.25, 0.3) is 11.3 Å². The molecule has 2 aromatic carbocycles. The van der Waals surface area contributed by atoms with Gasteiger partial charge in [-0.15, -0.1) is 5.10 Å². The van der Waals surface area contributed by atoms with E-state index in [9.17, 15) is 28.8 Å². The second kappa shape index (κ2) is 25.1. The molecule has 5 N–H and O–H groups in total. The maximum atomic E-state index is 13.0. The van der Waals surface area contributed by atoms with E-state index >= 15 is 0 Å². The minimum atomic E-state index is -0.736. The fraction of sp³-hybridized carbons (Fsp3) is 0.512. The Hall–Kier alpha value is -5.80. The molecular formula is C41H54N8O12. The highest BCUT2D eigenvalue weighted by Gasteiger charge is 2.40. The molecule has 0 bridgehead atoms. The lowest BCUT2D eigenvalue weighted by molar-refractivity contribution is -0.137. The zero-order valence-corrected chi connectivity index (χ0v) is 34.1. The quantitative estimate of drug-likeness (QED) is 0.0302. The third-order valence-corrected chi connectivity index (χ3v) is 9.73. The molecule has 330 valence electrons. The lowest BCUT2D eigenvalue weighted by Crippen LogP contribution is -2.52. The van der Waals surface area contributed by atoms with E-state index in [1.54, 1.807) is 28.4 Å². The van der Waals surface area contributed by atoms with Gasteiger partial charge in [0.25, 0.3) is 11.8 Å². The number of benzene rings is 2. The van der Waals surface area contributed by atoms with Crippen molar-refractivity contribution in [3.8, 4) is 17.0 Å². The standard InChI is InChI=1S/C41H54N8O12/c50-36(8-3-1-2-4-9-38(52)46-56)43-30-12-10-29(11-13-30)33-27-48(47-45-33)17-19-58-21-23-60-25-24-59-22-20-57-18-16-42-39(53)28-61-35-7-5-6-31-32(35)26-49(41(31)55)34-14-15-37(51)44-40(34)54/h5-7,10-13,27,34,56H,1-4,8-9,14-26,28H2,(H,42,53)(H,43,50)(H,46,52)(H,44,51,54). The Bertz CT molecular complexity index is 1920. The van der Waals surface area contributed by atoms with Crippen molar-refractivity contribution in [3.63, 3.8) is 0 Å². The van der Waals surface area contributed by atoms with Crippen molar-refractivity contribution in [1.29, 1.82) is 0 Å². The van der Waals surface area contributed by atoms with Crippen LogP contribution in [0.4, 0.5) is 5.69 Å². The topological polar surface area (TPSA) is 251 Å². The molecule has 20 heteroatoms. The molecule has 5 rings (SSSR count). The van der Waals surface area contributed by atoms with Gasteiger partial charge in [-0.3, -0.25) is 39.3 Å². The van der Waals surface area contributed by atoms with E-state index in [0.29, 0.717) is 93.9 Å². The number of ether oxygens (including phenoxy) is 5. The molecule has 2 aliphatic rings. The number of hydrogen-bond acceptors (Lipinski definition) is 14. The smallest absolute Gasteiger partial charge is 0.258 e. The summed E-state index contributed by atoms with van der Waals surface area (Å²) < 4.78 is 29.6. The maximum absolute atomic E-state index is 13.0. The third kappa shape index (κ3) is 15.3. The fourth-order valence-electron chi connectivity index (χ4n) is 6.54. The summed E-state index contributed by atoms with van der Waals surface area (Å²) in [4.78, 5) is 73.9. The van der Waals surface area contributed by atoms with Crippen LogP contribution in [0.15, 0.2) is 48.7 Å². The van der Waals surface area contributed by atoms with Crippen molar-refractivity contribution in [2.75, 3.05) is 71.3 Å². The number of nitrogens with one attached hydrogen (secondary N) is 4. The van der Waals surface area contributed by atoms with Gasteiger partial charge in [-0.05, 0) is 43.5 Å². The molecule has 0 radical (unpaired) electrons. The highest BCUT2D eigenvalue weighted by Crippen LogP contribution is 2.33. The van der Waals surface area contributed by atoms with Gasteiger partial charge in [0.05, 0.1) is 72.1 Å². The number of nitrogens with zero attached hydrogens (tertiary/aromatic N) is 4. The molecule has 61 heavy (non-hydrogen) atoms. The third-order valence-electron chi connectivity index (χ3n) is 9.73. The van der Waals surface area contributed by atoms with Crippen LogP contribution in [-0.4, -0.2) is 133 Å². The molecule has 2 aliphatic heterocycles. The van der Waals surface area contributed by atoms with E-state index in [1.165, 1.54) is 4.90 Å². The second-order valence-electron chi connectivity index (χ2n) is 14.2. The molecular weight excluding hydrogens is 796 g/mol. The molecule has 3 aromatic rings. The number of carbonyl (C=O) groups is 6. The Labute approximate surface area is 352 Å². The molecule has 6 amide bonds. The van der Waals surface area contributed by atoms with Crippen molar-refractivity contribution < 1.29 is 57.7 Å². The molecule has 0 aliphatic carbocycles. The number of imide groups is 1. The Kier molecular flexibility index (Phi) is 19.0. The first-order valence-electron chi connectivity index (χ1n) is 20.4. The molecule has 0 spiro atoms. The average molecular weight is 851 g/mol. The summed E-state index contributed by atoms with van der Waals surface area (Å²) in [5.74, 6) is -1.60. The summed E-state index contributed by atoms with van der Waals surface area (Å²) >= 11 is 0. The molecule has 1 unspecified atom stereocenters. The molecule has 3 heterocycles. The van der Waals surface area contributed by atoms with Gasteiger partial charge in [0.15, 0.2) is 6.61 Å². The number of piperidine rings is 1. The van der Waals surface area contributed by atoms with Crippen molar-refractivity contribution >= 4 is 41.1 Å². The highest BCUT2D eigenvalue weighted by molar-refractivity contribution is 6.05. The normalized spacial score (nSPS) is 14.7. The minimum Gasteiger partial charge on any atom is -0.483 e. The number of hydroxylamine groups is 1. The number of fused-ring (bicyclic) bond motifs is 1. The predicted octanol–water partition coefficient (Wildman–Crippen LogP) is 1.75. The summed E-state index contributed by atoms with van der Waals surface area (Å²) in [6.45, 7) is 3.72. The van der Waals surface area contributed by atoms with Gasteiger partial charge in [0, 0.05) is 48.2 Å². The predicted molar refractivity (Wildman–Crippen MR) is 216 cm³/mol. The highest BCUT2D eigenvalue weighted by atomic mass is 16.6. The number of amides is 6. The Balaban J connectivity index is 0.814. The van der Waals surface area contributed by atoms with Gasteiger partial charge in [0.2, 0.25) is 23.6 Å². The lowest BCUT2D eigenvalue weighted by atomic mass is 10.0. The van der Waals surface area contributed by atoms with Crippen LogP contribution in [0.3, 0.4) is 0 Å². The first-order valence-corrected chi connectivity index (χ1v) is 20.4. The number of carbonyl (C=O) groups excluding carboxylic acids is 6. The average Bonchev–Trinajstić information content (AvgIpc) is 3.87. The van der Waals surface area contributed by atoms with Gasteiger partial charge in [-0.25, -0.2) is 10.2 Å². The van der Waals surface area contributed by atoms with Crippen molar-refractivity contribution in [1.82, 2.24) is 36.0 Å².